The summed E-state index contributed by atoms with van der Waals surface area (Å²) in [6.07, 6.45) is 2.36. The van der Waals surface area contributed by atoms with Gasteiger partial charge in [-0.25, -0.2) is 0 Å². The highest BCUT2D eigenvalue weighted by molar-refractivity contribution is 8.00. The highest BCUT2D eigenvalue weighted by atomic mass is 32.2. The molecule has 1 heterocycles. The number of carboxylic acid groups (broad SMARTS) is 1. The number of carboxylic acids is 1. The van der Waals surface area contributed by atoms with Gasteiger partial charge in [-0.2, -0.15) is 11.8 Å². The number of thioether (sulfide) groups is 1. The van der Waals surface area contributed by atoms with E-state index in [9.17, 15) is 9.59 Å². The minimum atomic E-state index is -0.919. The van der Waals surface area contributed by atoms with Gasteiger partial charge >= 0.3 is 5.97 Å². The number of amides is 1. The van der Waals surface area contributed by atoms with Gasteiger partial charge in [0.1, 0.15) is 0 Å². The van der Waals surface area contributed by atoms with E-state index in [4.69, 9.17) is 5.11 Å². The van der Waals surface area contributed by atoms with Crippen molar-refractivity contribution in [1.29, 1.82) is 0 Å². The molecule has 1 aliphatic heterocycles. The average Bonchev–Trinajstić information content (AvgIpc) is 2.76. The Morgan fingerprint density at radius 3 is 2.62 bits per heavy atom. The van der Waals surface area contributed by atoms with E-state index in [-0.39, 0.29) is 5.91 Å². The van der Waals surface area contributed by atoms with Gasteiger partial charge in [0.05, 0.1) is 5.92 Å². The first kappa shape index (κ1) is 13.4. The summed E-state index contributed by atoms with van der Waals surface area (Å²) in [7, 11) is 0. The second-order valence-corrected chi connectivity index (χ2v) is 5.70. The lowest BCUT2D eigenvalue weighted by Gasteiger charge is -2.17. The molecule has 3 unspecified atom stereocenters. The molecule has 1 aliphatic rings. The van der Waals surface area contributed by atoms with Crippen molar-refractivity contribution < 1.29 is 14.7 Å². The molecule has 1 saturated heterocycles. The van der Waals surface area contributed by atoms with Gasteiger partial charge in [-0.3, -0.25) is 9.59 Å². The van der Waals surface area contributed by atoms with Crippen LogP contribution in [0.5, 0.6) is 0 Å². The second kappa shape index (κ2) is 6.13. The Kier molecular flexibility index (Phi) is 5.12. The van der Waals surface area contributed by atoms with Gasteiger partial charge in [-0.15, -0.1) is 0 Å². The summed E-state index contributed by atoms with van der Waals surface area (Å²) in [5.41, 5.74) is 0. The third-order valence-corrected chi connectivity index (χ3v) is 4.48. The van der Waals surface area contributed by atoms with Crippen LogP contribution in [0.25, 0.3) is 0 Å². The molecule has 0 saturated carbocycles. The van der Waals surface area contributed by atoms with Crippen LogP contribution in [0.15, 0.2) is 0 Å². The molecular formula is C11H19NO3S. The van der Waals surface area contributed by atoms with E-state index < -0.39 is 17.8 Å². The SMILES string of the molecule is CC(C(=O)O)C(C)C(=O)NCC1CCCS1. The zero-order chi connectivity index (χ0) is 12.1. The van der Waals surface area contributed by atoms with Crippen molar-refractivity contribution in [2.45, 2.75) is 31.9 Å². The summed E-state index contributed by atoms with van der Waals surface area (Å²) in [6, 6.07) is 0. The summed E-state index contributed by atoms with van der Waals surface area (Å²) in [5.74, 6) is -0.998. The monoisotopic (exact) mass is 245 g/mol. The maximum absolute atomic E-state index is 11.7. The number of aliphatic carboxylic acids is 1. The average molecular weight is 245 g/mol. The third-order valence-electron chi connectivity index (χ3n) is 3.08. The number of carbonyl (C=O) groups excluding carboxylic acids is 1. The topological polar surface area (TPSA) is 66.4 Å². The molecule has 16 heavy (non-hydrogen) atoms. The van der Waals surface area contributed by atoms with Crippen molar-refractivity contribution in [2.24, 2.45) is 11.8 Å². The zero-order valence-electron chi connectivity index (χ0n) is 9.73. The summed E-state index contributed by atoms with van der Waals surface area (Å²) in [6.45, 7) is 3.90. The van der Waals surface area contributed by atoms with Crippen molar-refractivity contribution in [3.05, 3.63) is 0 Å². The zero-order valence-corrected chi connectivity index (χ0v) is 10.5. The molecular weight excluding hydrogens is 226 g/mol. The minimum Gasteiger partial charge on any atom is -0.481 e. The van der Waals surface area contributed by atoms with Crippen LogP contribution in [0.1, 0.15) is 26.7 Å². The van der Waals surface area contributed by atoms with Crippen LogP contribution < -0.4 is 5.32 Å². The summed E-state index contributed by atoms with van der Waals surface area (Å²) < 4.78 is 0. The Balaban J connectivity index is 2.30. The number of rotatable bonds is 5. The third kappa shape index (κ3) is 3.70. The Hall–Kier alpha value is -0.710. The van der Waals surface area contributed by atoms with Crippen LogP contribution in [-0.2, 0) is 9.59 Å². The lowest BCUT2D eigenvalue weighted by atomic mass is 9.95. The number of nitrogens with one attached hydrogen (secondary N) is 1. The molecule has 4 nitrogen and oxygen atoms in total. The lowest BCUT2D eigenvalue weighted by molar-refractivity contribution is -0.146. The van der Waals surface area contributed by atoms with E-state index in [0.717, 1.165) is 6.42 Å². The Bertz CT molecular complexity index is 264. The molecule has 0 bridgehead atoms. The fraction of sp³-hybridized carbons (Fsp3) is 0.818. The van der Waals surface area contributed by atoms with E-state index in [0.29, 0.717) is 11.8 Å². The minimum absolute atomic E-state index is 0.151. The van der Waals surface area contributed by atoms with Gasteiger partial charge < -0.3 is 10.4 Å². The smallest absolute Gasteiger partial charge is 0.307 e. The van der Waals surface area contributed by atoms with Gasteiger partial charge in [0, 0.05) is 17.7 Å². The maximum Gasteiger partial charge on any atom is 0.307 e. The Morgan fingerprint density at radius 2 is 2.12 bits per heavy atom. The van der Waals surface area contributed by atoms with Crippen LogP contribution in [0, 0.1) is 11.8 Å². The Labute approximate surface area is 100 Å². The van der Waals surface area contributed by atoms with Crippen LogP contribution in [0.2, 0.25) is 0 Å². The molecule has 1 amide bonds. The van der Waals surface area contributed by atoms with Crippen molar-refractivity contribution in [2.75, 3.05) is 12.3 Å². The van der Waals surface area contributed by atoms with E-state index >= 15 is 0 Å². The summed E-state index contributed by atoms with van der Waals surface area (Å²) in [5, 5.41) is 12.1. The first-order valence-corrected chi connectivity index (χ1v) is 6.69. The molecule has 0 radical (unpaired) electrons. The predicted molar refractivity (Wildman–Crippen MR) is 64.5 cm³/mol. The molecule has 0 spiro atoms. The largest absolute Gasteiger partial charge is 0.481 e. The predicted octanol–water partition coefficient (Wildman–Crippen LogP) is 1.35. The van der Waals surface area contributed by atoms with Crippen molar-refractivity contribution in [3.63, 3.8) is 0 Å². The number of hydrogen-bond acceptors (Lipinski definition) is 3. The number of carbonyl (C=O) groups is 2. The van der Waals surface area contributed by atoms with Gasteiger partial charge in [-0.05, 0) is 18.6 Å². The van der Waals surface area contributed by atoms with Crippen LogP contribution in [-0.4, -0.2) is 34.5 Å². The molecule has 92 valence electrons. The molecule has 3 atom stereocenters. The normalized spacial score (nSPS) is 23.8. The fourth-order valence-electron chi connectivity index (χ4n) is 1.62. The first-order chi connectivity index (χ1) is 7.52. The summed E-state index contributed by atoms with van der Waals surface area (Å²) >= 11 is 1.88. The van der Waals surface area contributed by atoms with Gasteiger partial charge in [0.25, 0.3) is 0 Å². The molecule has 1 rings (SSSR count). The van der Waals surface area contributed by atoms with E-state index in [1.165, 1.54) is 12.2 Å². The molecule has 2 N–H and O–H groups in total. The van der Waals surface area contributed by atoms with E-state index in [2.05, 4.69) is 5.32 Å². The standard InChI is InChI=1S/C11H19NO3S/c1-7(8(2)11(14)15)10(13)12-6-9-4-3-5-16-9/h7-9H,3-6H2,1-2H3,(H,12,13)(H,14,15). The van der Waals surface area contributed by atoms with Gasteiger partial charge in [-0.1, -0.05) is 13.8 Å². The molecule has 5 heteroatoms. The first-order valence-electron chi connectivity index (χ1n) is 5.64. The molecule has 0 aliphatic carbocycles. The molecule has 0 aromatic rings. The van der Waals surface area contributed by atoms with Gasteiger partial charge in [0.15, 0.2) is 0 Å². The molecule has 0 aromatic heterocycles. The van der Waals surface area contributed by atoms with Gasteiger partial charge in [0.2, 0.25) is 5.91 Å². The summed E-state index contributed by atoms with van der Waals surface area (Å²) in [4.78, 5) is 22.4. The number of hydrogen-bond donors (Lipinski definition) is 2. The van der Waals surface area contributed by atoms with Crippen LogP contribution >= 0.6 is 11.8 Å². The van der Waals surface area contributed by atoms with Crippen molar-refractivity contribution in [1.82, 2.24) is 5.32 Å². The molecule has 0 aromatic carbocycles. The second-order valence-electron chi connectivity index (χ2n) is 4.30. The highest BCUT2D eigenvalue weighted by Crippen LogP contribution is 2.25. The molecule has 1 fully saturated rings. The van der Waals surface area contributed by atoms with Crippen molar-refractivity contribution >= 4 is 23.6 Å². The maximum atomic E-state index is 11.7. The van der Waals surface area contributed by atoms with Crippen LogP contribution in [0.4, 0.5) is 0 Å². The Morgan fingerprint density at radius 1 is 1.44 bits per heavy atom. The van der Waals surface area contributed by atoms with Crippen LogP contribution in [0.3, 0.4) is 0 Å². The van der Waals surface area contributed by atoms with E-state index in [1.807, 2.05) is 11.8 Å². The van der Waals surface area contributed by atoms with E-state index in [1.54, 1.807) is 13.8 Å². The quantitative estimate of drug-likeness (QED) is 0.767. The highest BCUT2D eigenvalue weighted by Gasteiger charge is 2.26. The fourth-order valence-corrected chi connectivity index (χ4v) is 2.82. The lowest BCUT2D eigenvalue weighted by Crippen LogP contribution is -2.38. The van der Waals surface area contributed by atoms with Crippen molar-refractivity contribution in [3.8, 4) is 0 Å².